The largest absolute Gasteiger partial charge is 0.141 e. The molecule has 0 nitrogen and oxygen atoms in total. The monoisotopic (exact) mass is 429 g/mol. The fraction of sp³-hybridized carbons (Fsp3) is 0.182. The molecule has 0 radical (unpaired) electrons. The fourth-order valence-corrected chi connectivity index (χ4v) is 18.0. The van der Waals surface area contributed by atoms with Crippen molar-refractivity contribution in [3.8, 4) is 0 Å². The first kappa shape index (κ1) is 18.8. The number of hydrogen-bond donors (Lipinski definition) is 0. The predicted molar refractivity (Wildman–Crippen MR) is 121 cm³/mol. The van der Waals surface area contributed by atoms with Gasteiger partial charge in [0, 0.05) is 6.16 Å². The van der Waals surface area contributed by atoms with Crippen molar-refractivity contribution >= 4 is 44.7 Å². The Kier molecular flexibility index (Phi) is 6.83. The predicted octanol–water partition coefficient (Wildman–Crippen LogP) is 6.49. The molecule has 0 aliphatic rings. The number of halogens is 1. The average molecular weight is 430 g/mol. The third kappa shape index (κ3) is 3.90. The second-order valence-electron chi connectivity index (χ2n) is 6.06. The van der Waals surface area contributed by atoms with Crippen molar-refractivity contribution in [2.75, 3.05) is 6.16 Å². The molecule has 0 aliphatic carbocycles. The first-order chi connectivity index (χ1) is 12.3. The Morgan fingerprint density at radius 2 is 1.04 bits per heavy atom. The van der Waals surface area contributed by atoms with Gasteiger partial charge in [0.15, 0.2) is 0 Å². The highest BCUT2D eigenvalue weighted by molar-refractivity contribution is 9.46. The molecule has 0 N–H and O–H groups in total. The molecule has 0 heterocycles. The van der Waals surface area contributed by atoms with Crippen molar-refractivity contribution < 1.29 is 0 Å². The van der Waals surface area contributed by atoms with Crippen LogP contribution in [0.15, 0.2) is 91.0 Å². The summed E-state index contributed by atoms with van der Waals surface area (Å²) in [5, 5.41) is 4.43. The third-order valence-corrected chi connectivity index (χ3v) is 18.9. The van der Waals surface area contributed by atoms with Crippen LogP contribution in [0.1, 0.15) is 19.8 Å². The van der Waals surface area contributed by atoms with Crippen LogP contribution < -0.4 is 15.9 Å². The van der Waals surface area contributed by atoms with Crippen LogP contribution in [0.25, 0.3) is 0 Å². The standard InChI is InChI=1S/C22H24BrP2/c1-2-3-19-24(23)25(20-13-7-4-8-14-20,21-15-9-5-10-16-21)22-17-11-6-12-18-22/h4-18H,2-3,19H2,1H3/q+1. The van der Waals surface area contributed by atoms with E-state index in [2.05, 4.69) is 113 Å². The van der Waals surface area contributed by atoms with Crippen LogP contribution in [0, 0.1) is 0 Å². The summed E-state index contributed by atoms with van der Waals surface area (Å²) in [6.07, 6.45) is 3.42. The van der Waals surface area contributed by atoms with E-state index in [-0.39, 0.29) is 6.31 Å². The van der Waals surface area contributed by atoms with Crippen molar-refractivity contribution in [3.63, 3.8) is 0 Å². The van der Waals surface area contributed by atoms with E-state index < -0.39 is 6.95 Å². The average Bonchev–Trinajstić information content (AvgIpc) is 2.69. The van der Waals surface area contributed by atoms with E-state index in [9.17, 15) is 0 Å². The number of unbranched alkanes of at least 4 members (excludes halogenated alkanes) is 1. The van der Waals surface area contributed by atoms with Crippen molar-refractivity contribution in [1.29, 1.82) is 0 Å². The highest BCUT2D eigenvalue weighted by atomic mass is 79.9. The Labute approximate surface area is 161 Å². The van der Waals surface area contributed by atoms with E-state index in [0.717, 1.165) is 0 Å². The maximum Gasteiger partial charge on any atom is 0.141 e. The van der Waals surface area contributed by atoms with Crippen LogP contribution in [0.5, 0.6) is 0 Å². The lowest BCUT2D eigenvalue weighted by Crippen LogP contribution is -2.29. The summed E-state index contributed by atoms with van der Waals surface area (Å²) in [6.45, 7) is 0.589. The molecular formula is C22H24BrP2+. The van der Waals surface area contributed by atoms with Gasteiger partial charge in [-0.05, 0) is 58.3 Å². The van der Waals surface area contributed by atoms with Crippen LogP contribution in [0.2, 0.25) is 0 Å². The Morgan fingerprint density at radius 3 is 1.36 bits per heavy atom. The summed E-state index contributed by atoms with van der Waals surface area (Å²) in [7, 11) is 0. The van der Waals surface area contributed by atoms with Gasteiger partial charge >= 0.3 is 0 Å². The maximum atomic E-state index is 4.23. The van der Waals surface area contributed by atoms with Crippen LogP contribution in [0.4, 0.5) is 0 Å². The smallest absolute Gasteiger partial charge is 0.0654 e. The maximum absolute atomic E-state index is 4.23. The highest BCUT2D eigenvalue weighted by Gasteiger charge is 2.51. The SMILES string of the molecule is CCCCP(Br)[P+](c1ccccc1)(c1ccccc1)c1ccccc1. The van der Waals surface area contributed by atoms with Gasteiger partial charge in [-0.25, -0.2) is 0 Å². The van der Waals surface area contributed by atoms with Crippen molar-refractivity contribution in [1.82, 2.24) is 0 Å². The normalized spacial score (nSPS) is 12.7. The lowest BCUT2D eigenvalue weighted by Gasteiger charge is -2.31. The lowest BCUT2D eigenvalue weighted by molar-refractivity contribution is 0.895. The van der Waals surface area contributed by atoms with Crippen LogP contribution in [0.3, 0.4) is 0 Å². The van der Waals surface area contributed by atoms with Crippen molar-refractivity contribution in [3.05, 3.63) is 91.0 Å². The molecule has 3 rings (SSSR count). The third-order valence-electron chi connectivity index (χ3n) is 4.41. The van der Waals surface area contributed by atoms with E-state index in [0.29, 0.717) is 0 Å². The molecule has 0 bridgehead atoms. The summed E-state index contributed by atoms with van der Waals surface area (Å²) in [5.74, 6) is 0. The van der Waals surface area contributed by atoms with Gasteiger partial charge in [-0.3, -0.25) is 0 Å². The Hall–Kier alpha value is -1.00. The van der Waals surface area contributed by atoms with E-state index in [1.54, 1.807) is 0 Å². The molecule has 0 saturated carbocycles. The molecular weight excluding hydrogens is 406 g/mol. The fourth-order valence-electron chi connectivity index (χ4n) is 3.19. The second kappa shape index (κ2) is 9.09. The molecule has 0 fully saturated rings. The Morgan fingerprint density at radius 1 is 0.680 bits per heavy atom. The van der Waals surface area contributed by atoms with Gasteiger partial charge in [-0.1, -0.05) is 67.9 Å². The van der Waals surface area contributed by atoms with Gasteiger partial charge in [0.2, 0.25) is 0 Å². The molecule has 3 aromatic rings. The molecule has 0 amide bonds. The van der Waals surface area contributed by atoms with E-state index in [4.69, 9.17) is 0 Å². The van der Waals surface area contributed by atoms with Crippen molar-refractivity contribution in [2.45, 2.75) is 19.8 Å². The molecule has 1 atom stereocenters. The molecule has 0 saturated heterocycles. The highest BCUT2D eigenvalue weighted by Crippen LogP contribution is 2.85. The van der Waals surface area contributed by atoms with Crippen LogP contribution in [-0.4, -0.2) is 6.16 Å². The van der Waals surface area contributed by atoms with Gasteiger partial charge in [0.1, 0.15) is 29.2 Å². The Balaban J connectivity index is 2.28. The summed E-state index contributed by atoms with van der Waals surface area (Å²) in [4.78, 5) is 0. The van der Waals surface area contributed by atoms with Gasteiger partial charge in [-0.2, -0.15) is 0 Å². The van der Waals surface area contributed by atoms with Gasteiger partial charge in [0.25, 0.3) is 0 Å². The van der Waals surface area contributed by atoms with Crippen LogP contribution >= 0.6 is 28.8 Å². The minimum Gasteiger partial charge on any atom is -0.0654 e. The van der Waals surface area contributed by atoms with Crippen LogP contribution in [-0.2, 0) is 0 Å². The first-order valence-corrected chi connectivity index (χ1v) is 14.8. The molecule has 25 heavy (non-hydrogen) atoms. The number of hydrogen-bond acceptors (Lipinski definition) is 0. The van der Waals surface area contributed by atoms with Gasteiger partial charge < -0.3 is 0 Å². The first-order valence-electron chi connectivity index (χ1n) is 8.80. The lowest BCUT2D eigenvalue weighted by atomic mass is 10.4. The zero-order valence-corrected chi connectivity index (χ0v) is 17.9. The molecule has 0 spiro atoms. The zero-order valence-electron chi connectivity index (χ0n) is 14.6. The molecule has 0 aliphatic heterocycles. The molecule has 0 aromatic heterocycles. The van der Waals surface area contributed by atoms with Gasteiger partial charge in [-0.15, -0.1) is 0 Å². The van der Waals surface area contributed by atoms with E-state index in [1.807, 2.05) is 0 Å². The van der Waals surface area contributed by atoms with Gasteiger partial charge in [0.05, 0.1) is 0 Å². The number of benzene rings is 3. The van der Waals surface area contributed by atoms with E-state index in [1.165, 1.54) is 34.9 Å². The quantitative estimate of drug-likeness (QED) is 0.376. The molecule has 128 valence electrons. The minimum atomic E-state index is -1.69. The molecule has 1 unspecified atom stereocenters. The van der Waals surface area contributed by atoms with E-state index >= 15 is 0 Å². The summed E-state index contributed by atoms with van der Waals surface area (Å²) >= 11 is 4.23. The topological polar surface area (TPSA) is 0 Å². The second-order valence-corrected chi connectivity index (χ2v) is 17.5. The van der Waals surface area contributed by atoms with Crippen molar-refractivity contribution in [2.24, 2.45) is 0 Å². The minimum absolute atomic E-state index is 0.339. The number of rotatable bonds is 7. The summed E-state index contributed by atoms with van der Waals surface area (Å²) < 4.78 is 0. The zero-order chi connectivity index (χ0) is 17.5. The Bertz CT molecular complexity index is 663. The summed E-state index contributed by atoms with van der Waals surface area (Å²) in [5.41, 5.74) is 0. The summed E-state index contributed by atoms with van der Waals surface area (Å²) in [6, 6.07) is 33.5. The molecule has 3 heteroatoms. The molecule has 3 aromatic carbocycles.